The molecule has 2 N–H and O–H groups in total. The summed E-state index contributed by atoms with van der Waals surface area (Å²) in [6, 6.07) is 6.59. The van der Waals surface area contributed by atoms with E-state index in [1.165, 1.54) is 19.5 Å². The van der Waals surface area contributed by atoms with Crippen LogP contribution in [0.15, 0.2) is 30.6 Å². The molecule has 3 aromatic rings. The van der Waals surface area contributed by atoms with E-state index in [1.807, 2.05) is 0 Å². The molecule has 0 radical (unpaired) electrons. The van der Waals surface area contributed by atoms with Crippen LogP contribution in [-0.2, 0) is 0 Å². The van der Waals surface area contributed by atoms with Crippen LogP contribution >= 0.6 is 11.6 Å². The Balaban J connectivity index is 1.83. The Bertz CT molecular complexity index is 948. The molecular weight excluding hydrogens is 334 g/mol. The lowest BCUT2D eigenvalue weighted by Gasteiger charge is -2.12. The topological polar surface area (TPSA) is 85.7 Å². The van der Waals surface area contributed by atoms with Gasteiger partial charge in [0.15, 0.2) is 23.0 Å². The standard InChI is InChI=1S/C16H12ClN3O4/c1-22-13-4-9-10(5-12(13)21)18-6-19-16(9)20-11-2-8(17)3-14-15(11)24-7-23-14/h2-6,21H,7H2,1H3,(H,18,19,20). The number of fused-ring (bicyclic) bond motifs is 2. The van der Waals surface area contributed by atoms with Gasteiger partial charge in [0, 0.05) is 22.5 Å². The highest BCUT2D eigenvalue weighted by Gasteiger charge is 2.20. The number of phenols is 1. The molecule has 122 valence electrons. The number of nitrogens with one attached hydrogen (secondary N) is 1. The van der Waals surface area contributed by atoms with Crippen LogP contribution < -0.4 is 19.5 Å². The SMILES string of the molecule is COc1cc2c(Nc3cc(Cl)cc4c3OCO4)ncnc2cc1O. The summed E-state index contributed by atoms with van der Waals surface area (Å²) in [4.78, 5) is 8.42. The summed E-state index contributed by atoms with van der Waals surface area (Å²) in [5.41, 5.74) is 1.20. The van der Waals surface area contributed by atoms with Gasteiger partial charge in [-0.1, -0.05) is 11.6 Å². The van der Waals surface area contributed by atoms with Crippen LogP contribution in [0.2, 0.25) is 5.02 Å². The molecule has 8 heteroatoms. The van der Waals surface area contributed by atoms with Gasteiger partial charge in [-0.15, -0.1) is 0 Å². The second-order valence-electron chi connectivity index (χ2n) is 5.08. The average molecular weight is 346 g/mol. The number of nitrogens with zero attached hydrogens (tertiary/aromatic N) is 2. The van der Waals surface area contributed by atoms with Gasteiger partial charge in [-0.25, -0.2) is 9.97 Å². The van der Waals surface area contributed by atoms with E-state index in [4.69, 9.17) is 25.8 Å². The van der Waals surface area contributed by atoms with Crippen molar-refractivity contribution in [2.75, 3.05) is 19.2 Å². The molecule has 1 aliphatic rings. The third kappa shape index (κ3) is 2.39. The highest BCUT2D eigenvalue weighted by Crippen LogP contribution is 2.43. The highest BCUT2D eigenvalue weighted by atomic mass is 35.5. The molecule has 7 nitrogen and oxygen atoms in total. The maximum Gasteiger partial charge on any atom is 0.231 e. The summed E-state index contributed by atoms with van der Waals surface area (Å²) in [7, 11) is 1.48. The molecule has 0 amide bonds. The molecule has 2 heterocycles. The van der Waals surface area contributed by atoms with Crippen molar-refractivity contribution in [1.82, 2.24) is 9.97 Å². The monoisotopic (exact) mass is 345 g/mol. The zero-order valence-electron chi connectivity index (χ0n) is 12.5. The first kappa shape index (κ1) is 14.6. The molecule has 1 aromatic heterocycles. The normalized spacial score (nSPS) is 12.4. The quantitative estimate of drug-likeness (QED) is 0.751. The first-order chi connectivity index (χ1) is 11.7. The molecule has 0 spiro atoms. The van der Waals surface area contributed by atoms with Crippen LogP contribution in [0.25, 0.3) is 10.9 Å². The molecule has 4 rings (SSSR count). The molecular formula is C16H12ClN3O4. The van der Waals surface area contributed by atoms with Gasteiger partial charge >= 0.3 is 0 Å². The Morgan fingerprint density at radius 2 is 2.08 bits per heavy atom. The van der Waals surface area contributed by atoms with Crippen LogP contribution in [0.4, 0.5) is 11.5 Å². The van der Waals surface area contributed by atoms with E-state index in [2.05, 4.69) is 15.3 Å². The smallest absolute Gasteiger partial charge is 0.231 e. The number of anilines is 2. The van der Waals surface area contributed by atoms with Gasteiger partial charge in [-0.2, -0.15) is 0 Å². The third-order valence-corrected chi connectivity index (χ3v) is 3.84. The fourth-order valence-electron chi connectivity index (χ4n) is 2.53. The number of hydrogen-bond acceptors (Lipinski definition) is 7. The predicted molar refractivity (Wildman–Crippen MR) is 88.6 cm³/mol. The molecule has 0 bridgehead atoms. The second-order valence-corrected chi connectivity index (χ2v) is 5.51. The van der Waals surface area contributed by atoms with Gasteiger partial charge in [0.25, 0.3) is 0 Å². The number of methoxy groups -OCH3 is 1. The Kier molecular flexibility index (Phi) is 3.42. The van der Waals surface area contributed by atoms with Crippen LogP contribution in [0, 0.1) is 0 Å². The van der Waals surface area contributed by atoms with Gasteiger partial charge in [0.05, 0.1) is 18.3 Å². The molecule has 24 heavy (non-hydrogen) atoms. The lowest BCUT2D eigenvalue weighted by molar-refractivity contribution is 0.174. The van der Waals surface area contributed by atoms with Gasteiger partial charge in [0.2, 0.25) is 6.79 Å². The van der Waals surface area contributed by atoms with Crippen molar-refractivity contribution in [3.8, 4) is 23.0 Å². The van der Waals surface area contributed by atoms with Gasteiger partial charge in [-0.3, -0.25) is 0 Å². The van der Waals surface area contributed by atoms with Crippen molar-refractivity contribution >= 4 is 34.0 Å². The summed E-state index contributed by atoms with van der Waals surface area (Å²) in [5.74, 6) is 2.00. The fraction of sp³-hybridized carbons (Fsp3) is 0.125. The maximum absolute atomic E-state index is 9.89. The Morgan fingerprint density at radius 1 is 1.21 bits per heavy atom. The summed E-state index contributed by atoms with van der Waals surface area (Å²) in [6.45, 7) is 0.135. The fourth-order valence-corrected chi connectivity index (χ4v) is 2.74. The van der Waals surface area contributed by atoms with Gasteiger partial charge in [0.1, 0.15) is 12.1 Å². The lowest BCUT2D eigenvalue weighted by Crippen LogP contribution is -1.99. The summed E-state index contributed by atoms with van der Waals surface area (Å²) in [5, 5.41) is 14.3. The number of aromatic nitrogens is 2. The first-order valence-electron chi connectivity index (χ1n) is 7.03. The first-order valence-corrected chi connectivity index (χ1v) is 7.41. The number of benzene rings is 2. The number of rotatable bonds is 3. The second kappa shape index (κ2) is 5.61. The molecule has 0 aliphatic carbocycles. The van der Waals surface area contributed by atoms with Crippen molar-refractivity contribution in [2.24, 2.45) is 0 Å². The van der Waals surface area contributed by atoms with E-state index >= 15 is 0 Å². The highest BCUT2D eigenvalue weighted by molar-refractivity contribution is 6.31. The van der Waals surface area contributed by atoms with E-state index in [0.29, 0.717) is 44.7 Å². The predicted octanol–water partition coefficient (Wildman–Crippen LogP) is 3.47. The van der Waals surface area contributed by atoms with Crippen LogP contribution in [0.3, 0.4) is 0 Å². The van der Waals surface area contributed by atoms with Crippen molar-refractivity contribution in [2.45, 2.75) is 0 Å². The molecule has 2 aromatic carbocycles. The van der Waals surface area contributed by atoms with Crippen molar-refractivity contribution in [3.05, 3.63) is 35.6 Å². The van der Waals surface area contributed by atoms with E-state index in [9.17, 15) is 5.11 Å². The molecule has 0 fully saturated rings. The summed E-state index contributed by atoms with van der Waals surface area (Å²) in [6.07, 6.45) is 1.40. The van der Waals surface area contributed by atoms with Crippen molar-refractivity contribution in [1.29, 1.82) is 0 Å². The zero-order valence-corrected chi connectivity index (χ0v) is 13.3. The number of aromatic hydroxyl groups is 1. The van der Waals surface area contributed by atoms with E-state index < -0.39 is 0 Å². The molecule has 0 atom stereocenters. The zero-order chi connectivity index (χ0) is 16.7. The summed E-state index contributed by atoms with van der Waals surface area (Å²) >= 11 is 6.12. The lowest BCUT2D eigenvalue weighted by atomic mass is 10.2. The van der Waals surface area contributed by atoms with Gasteiger partial charge in [-0.05, 0) is 12.1 Å². The Hall–Kier alpha value is -2.93. The van der Waals surface area contributed by atoms with E-state index in [1.54, 1.807) is 18.2 Å². The minimum atomic E-state index is 0.00929. The Labute approximate surface area is 141 Å². The molecule has 0 saturated heterocycles. The number of halogens is 1. The van der Waals surface area contributed by atoms with Crippen LogP contribution in [0.5, 0.6) is 23.0 Å². The maximum atomic E-state index is 9.89. The molecule has 1 aliphatic heterocycles. The van der Waals surface area contributed by atoms with E-state index in [-0.39, 0.29) is 12.5 Å². The van der Waals surface area contributed by atoms with Crippen molar-refractivity contribution in [3.63, 3.8) is 0 Å². The minimum Gasteiger partial charge on any atom is -0.504 e. The Morgan fingerprint density at radius 3 is 2.92 bits per heavy atom. The van der Waals surface area contributed by atoms with Crippen LogP contribution in [0.1, 0.15) is 0 Å². The van der Waals surface area contributed by atoms with Crippen molar-refractivity contribution < 1.29 is 19.3 Å². The summed E-state index contributed by atoms with van der Waals surface area (Å²) < 4.78 is 16.0. The number of ether oxygens (including phenoxy) is 3. The molecule has 0 saturated carbocycles. The third-order valence-electron chi connectivity index (χ3n) is 3.63. The largest absolute Gasteiger partial charge is 0.504 e. The average Bonchev–Trinajstić information content (AvgIpc) is 3.03. The van der Waals surface area contributed by atoms with Crippen LogP contribution in [-0.4, -0.2) is 29.0 Å². The molecule has 0 unspecified atom stereocenters. The minimum absolute atomic E-state index is 0.00929. The number of hydrogen-bond donors (Lipinski definition) is 2. The van der Waals surface area contributed by atoms with E-state index in [0.717, 1.165) is 0 Å². The number of phenolic OH excluding ortho intramolecular Hbond substituents is 1. The van der Waals surface area contributed by atoms with Gasteiger partial charge < -0.3 is 24.6 Å².